The third-order valence-corrected chi connectivity index (χ3v) is 3.01. The monoisotopic (exact) mass is 214 g/mol. The molecule has 2 heterocycles. The Balaban J connectivity index is 1.96. The number of hydrogen-bond donors (Lipinski definition) is 0. The SMILES string of the molecule is CCSc1nnnn1C[C@@H]1CCCO1. The number of hydrogen-bond acceptors (Lipinski definition) is 5. The first kappa shape index (κ1) is 9.92. The minimum atomic E-state index is 0.301. The number of aromatic nitrogens is 4. The molecule has 5 nitrogen and oxygen atoms in total. The van der Waals surface area contributed by atoms with Crippen LogP contribution in [-0.2, 0) is 11.3 Å². The van der Waals surface area contributed by atoms with Gasteiger partial charge in [-0.15, -0.1) is 5.10 Å². The largest absolute Gasteiger partial charge is 0.376 e. The maximum Gasteiger partial charge on any atom is 0.209 e. The Morgan fingerprint density at radius 1 is 1.64 bits per heavy atom. The van der Waals surface area contributed by atoms with Crippen molar-refractivity contribution >= 4 is 11.8 Å². The summed E-state index contributed by atoms with van der Waals surface area (Å²) in [6, 6.07) is 0. The smallest absolute Gasteiger partial charge is 0.209 e. The van der Waals surface area contributed by atoms with Crippen LogP contribution >= 0.6 is 11.8 Å². The van der Waals surface area contributed by atoms with Gasteiger partial charge >= 0.3 is 0 Å². The fourth-order valence-electron chi connectivity index (χ4n) is 1.52. The van der Waals surface area contributed by atoms with Gasteiger partial charge in [0.2, 0.25) is 5.16 Å². The third kappa shape index (κ3) is 2.24. The molecule has 0 unspecified atom stereocenters. The summed E-state index contributed by atoms with van der Waals surface area (Å²) in [4.78, 5) is 0. The second kappa shape index (κ2) is 4.75. The third-order valence-electron chi connectivity index (χ3n) is 2.17. The minimum absolute atomic E-state index is 0.301. The standard InChI is InChI=1S/C8H14N4OS/c1-2-14-8-9-10-11-12(8)6-7-4-3-5-13-7/h7H,2-6H2,1H3/t7-/m0/s1. The molecule has 1 aliphatic rings. The van der Waals surface area contributed by atoms with Gasteiger partial charge in [0.05, 0.1) is 12.6 Å². The number of nitrogens with zero attached hydrogens (tertiary/aromatic N) is 4. The van der Waals surface area contributed by atoms with Crippen molar-refractivity contribution in [3.8, 4) is 0 Å². The van der Waals surface area contributed by atoms with Gasteiger partial charge in [-0.1, -0.05) is 18.7 Å². The second-order valence-electron chi connectivity index (χ2n) is 3.21. The van der Waals surface area contributed by atoms with E-state index in [1.807, 2.05) is 4.68 Å². The normalized spacial score (nSPS) is 21.6. The van der Waals surface area contributed by atoms with Gasteiger partial charge in [0, 0.05) is 6.61 Å². The lowest BCUT2D eigenvalue weighted by Crippen LogP contribution is -2.16. The molecule has 14 heavy (non-hydrogen) atoms. The van der Waals surface area contributed by atoms with Crippen molar-refractivity contribution < 1.29 is 4.74 Å². The number of tetrazole rings is 1. The van der Waals surface area contributed by atoms with Crippen molar-refractivity contribution in [1.82, 2.24) is 20.2 Å². The molecular formula is C8H14N4OS. The van der Waals surface area contributed by atoms with Crippen LogP contribution in [0.2, 0.25) is 0 Å². The predicted octanol–water partition coefficient (Wildman–Crippen LogP) is 0.964. The zero-order chi connectivity index (χ0) is 9.80. The Bertz CT molecular complexity index is 285. The Morgan fingerprint density at radius 3 is 3.29 bits per heavy atom. The van der Waals surface area contributed by atoms with Crippen molar-refractivity contribution in [3.63, 3.8) is 0 Å². The van der Waals surface area contributed by atoms with Gasteiger partial charge in [0.25, 0.3) is 0 Å². The summed E-state index contributed by atoms with van der Waals surface area (Å²) in [5.41, 5.74) is 0. The molecule has 0 spiro atoms. The van der Waals surface area contributed by atoms with Crippen LogP contribution in [0, 0.1) is 0 Å². The van der Waals surface area contributed by atoms with E-state index in [2.05, 4.69) is 22.4 Å². The van der Waals surface area contributed by atoms with E-state index in [-0.39, 0.29) is 0 Å². The van der Waals surface area contributed by atoms with Crippen LogP contribution in [0.15, 0.2) is 5.16 Å². The summed E-state index contributed by atoms with van der Waals surface area (Å²) in [5.74, 6) is 0.992. The Morgan fingerprint density at radius 2 is 2.57 bits per heavy atom. The maximum absolute atomic E-state index is 5.53. The van der Waals surface area contributed by atoms with Crippen LogP contribution in [0.1, 0.15) is 19.8 Å². The summed E-state index contributed by atoms with van der Waals surface area (Å²) >= 11 is 1.66. The summed E-state index contributed by atoms with van der Waals surface area (Å²) in [7, 11) is 0. The Labute approximate surface area is 87.2 Å². The highest BCUT2D eigenvalue weighted by molar-refractivity contribution is 7.99. The predicted molar refractivity (Wildman–Crippen MR) is 53.2 cm³/mol. The van der Waals surface area contributed by atoms with Crippen LogP contribution in [0.4, 0.5) is 0 Å². The zero-order valence-corrected chi connectivity index (χ0v) is 9.03. The molecule has 1 aromatic heterocycles. The van der Waals surface area contributed by atoms with Gasteiger partial charge in [0.15, 0.2) is 0 Å². The van der Waals surface area contributed by atoms with Crippen molar-refractivity contribution in [2.45, 2.75) is 37.6 Å². The fraction of sp³-hybridized carbons (Fsp3) is 0.875. The van der Waals surface area contributed by atoms with E-state index in [1.165, 1.54) is 0 Å². The Kier molecular flexibility index (Phi) is 3.36. The summed E-state index contributed by atoms with van der Waals surface area (Å²) < 4.78 is 7.37. The van der Waals surface area contributed by atoms with Gasteiger partial charge in [-0.05, 0) is 29.0 Å². The molecule has 2 rings (SSSR count). The van der Waals surface area contributed by atoms with E-state index in [1.54, 1.807) is 11.8 Å². The first-order valence-electron chi connectivity index (χ1n) is 4.90. The number of thioether (sulfide) groups is 1. The van der Waals surface area contributed by atoms with Gasteiger partial charge in [-0.3, -0.25) is 0 Å². The van der Waals surface area contributed by atoms with E-state index in [9.17, 15) is 0 Å². The van der Waals surface area contributed by atoms with E-state index in [0.717, 1.165) is 36.9 Å². The van der Waals surface area contributed by atoms with Crippen molar-refractivity contribution in [1.29, 1.82) is 0 Å². The molecule has 1 fully saturated rings. The molecule has 0 amide bonds. The number of rotatable bonds is 4. The number of ether oxygens (including phenoxy) is 1. The molecule has 0 radical (unpaired) electrons. The second-order valence-corrected chi connectivity index (χ2v) is 4.44. The zero-order valence-electron chi connectivity index (χ0n) is 8.22. The van der Waals surface area contributed by atoms with E-state index < -0.39 is 0 Å². The van der Waals surface area contributed by atoms with Crippen molar-refractivity contribution in [3.05, 3.63) is 0 Å². The van der Waals surface area contributed by atoms with Gasteiger partial charge in [-0.2, -0.15) is 0 Å². The lowest BCUT2D eigenvalue weighted by Gasteiger charge is -2.09. The lowest BCUT2D eigenvalue weighted by molar-refractivity contribution is 0.0912. The lowest BCUT2D eigenvalue weighted by atomic mass is 10.2. The molecule has 0 aliphatic carbocycles. The van der Waals surface area contributed by atoms with Crippen LogP contribution in [0.25, 0.3) is 0 Å². The highest BCUT2D eigenvalue weighted by Gasteiger charge is 2.18. The van der Waals surface area contributed by atoms with Crippen LogP contribution in [0.3, 0.4) is 0 Å². The quantitative estimate of drug-likeness (QED) is 0.699. The molecule has 1 atom stereocenters. The highest BCUT2D eigenvalue weighted by atomic mass is 32.2. The van der Waals surface area contributed by atoms with Crippen LogP contribution < -0.4 is 0 Å². The molecule has 6 heteroatoms. The molecule has 78 valence electrons. The molecule has 1 aromatic rings. The van der Waals surface area contributed by atoms with Gasteiger partial charge in [0.1, 0.15) is 0 Å². The molecule has 0 bridgehead atoms. The van der Waals surface area contributed by atoms with Gasteiger partial charge < -0.3 is 4.74 Å². The summed E-state index contributed by atoms with van der Waals surface area (Å²) in [6.07, 6.45) is 2.58. The fourth-order valence-corrected chi connectivity index (χ4v) is 2.14. The van der Waals surface area contributed by atoms with Crippen LogP contribution in [-0.4, -0.2) is 38.7 Å². The van der Waals surface area contributed by atoms with Gasteiger partial charge in [-0.25, -0.2) is 4.68 Å². The topological polar surface area (TPSA) is 52.8 Å². The average molecular weight is 214 g/mol. The Hall–Kier alpha value is -0.620. The van der Waals surface area contributed by atoms with Crippen LogP contribution in [0.5, 0.6) is 0 Å². The highest BCUT2D eigenvalue weighted by Crippen LogP contribution is 2.17. The average Bonchev–Trinajstić information content (AvgIpc) is 2.80. The summed E-state index contributed by atoms with van der Waals surface area (Å²) in [6.45, 7) is 3.76. The first-order valence-corrected chi connectivity index (χ1v) is 5.89. The minimum Gasteiger partial charge on any atom is -0.376 e. The molecule has 0 N–H and O–H groups in total. The van der Waals surface area contributed by atoms with Crippen molar-refractivity contribution in [2.75, 3.05) is 12.4 Å². The first-order chi connectivity index (χ1) is 6.90. The van der Waals surface area contributed by atoms with E-state index in [0.29, 0.717) is 6.10 Å². The molecule has 1 aliphatic heterocycles. The summed E-state index contributed by atoms with van der Waals surface area (Å²) in [5, 5.41) is 12.5. The molecule has 0 aromatic carbocycles. The van der Waals surface area contributed by atoms with E-state index >= 15 is 0 Å². The van der Waals surface area contributed by atoms with Crippen molar-refractivity contribution in [2.24, 2.45) is 0 Å². The maximum atomic E-state index is 5.53. The van der Waals surface area contributed by atoms with E-state index in [4.69, 9.17) is 4.74 Å². The molecule has 1 saturated heterocycles. The molecule has 0 saturated carbocycles. The molecular weight excluding hydrogens is 200 g/mol.